The molecule has 8 heteroatoms. The van der Waals surface area contributed by atoms with E-state index in [4.69, 9.17) is 16.3 Å². The first kappa shape index (κ1) is 20.8. The van der Waals surface area contributed by atoms with Gasteiger partial charge in [-0.1, -0.05) is 23.7 Å². The van der Waals surface area contributed by atoms with E-state index in [2.05, 4.69) is 10.1 Å². The van der Waals surface area contributed by atoms with Crippen LogP contribution in [0.2, 0.25) is 5.02 Å². The Morgan fingerprint density at radius 2 is 1.78 bits per heavy atom. The summed E-state index contributed by atoms with van der Waals surface area (Å²) in [5.41, 5.74) is 0.500. The van der Waals surface area contributed by atoms with E-state index in [1.807, 2.05) is 0 Å². The van der Waals surface area contributed by atoms with Crippen LogP contribution >= 0.6 is 23.4 Å². The zero-order valence-electron chi connectivity index (χ0n) is 14.7. The number of hydrogen-bond acceptors (Lipinski definition) is 6. The molecule has 0 fully saturated rings. The minimum atomic E-state index is -0.573. The molecule has 1 N–H and O–H groups in total. The molecule has 2 rings (SSSR count). The molecule has 0 saturated carbocycles. The number of anilines is 1. The highest BCUT2D eigenvalue weighted by Crippen LogP contribution is 2.25. The van der Waals surface area contributed by atoms with Gasteiger partial charge in [0.05, 0.1) is 18.4 Å². The number of para-hydroxylation sites is 1. The number of methoxy groups -OCH3 is 1. The SMILES string of the molecule is COC(=O)c1ccccc1NC(=O)COC(=O)[C@@H](C)Sc1ccc(Cl)cc1. The summed E-state index contributed by atoms with van der Waals surface area (Å²) in [4.78, 5) is 36.7. The smallest absolute Gasteiger partial charge is 0.339 e. The zero-order valence-corrected chi connectivity index (χ0v) is 16.3. The Morgan fingerprint density at radius 3 is 2.44 bits per heavy atom. The molecule has 0 spiro atoms. The fraction of sp³-hybridized carbons (Fsp3) is 0.211. The van der Waals surface area contributed by atoms with Crippen molar-refractivity contribution < 1.29 is 23.9 Å². The topological polar surface area (TPSA) is 81.7 Å². The van der Waals surface area contributed by atoms with Gasteiger partial charge >= 0.3 is 11.9 Å². The molecule has 1 atom stereocenters. The molecule has 2 aromatic carbocycles. The molecule has 27 heavy (non-hydrogen) atoms. The predicted molar refractivity (Wildman–Crippen MR) is 104 cm³/mol. The van der Waals surface area contributed by atoms with Gasteiger partial charge in [-0.2, -0.15) is 0 Å². The van der Waals surface area contributed by atoms with Crippen LogP contribution in [0.4, 0.5) is 5.69 Å². The minimum absolute atomic E-state index is 0.214. The lowest BCUT2D eigenvalue weighted by molar-refractivity contribution is -0.146. The summed E-state index contributed by atoms with van der Waals surface area (Å²) in [6.07, 6.45) is 0. The maximum absolute atomic E-state index is 12.1. The number of thioether (sulfide) groups is 1. The van der Waals surface area contributed by atoms with Gasteiger partial charge in [0.15, 0.2) is 6.61 Å². The number of carbonyl (C=O) groups is 3. The second kappa shape index (κ2) is 9.99. The van der Waals surface area contributed by atoms with Crippen molar-refractivity contribution in [1.82, 2.24) is 0 Å². The van der Waals surface area contributed by atoms with Crippen LogP contribution in [-0.4, -0.2) is 36.8 Å². The largest absolute Gasteiger partial charge is 0.465 e. The lowest BCUT2D eigenvalue weighted by Gasteiger charge is -2.12. The van der Waals surface area contributed by atoms with Gasteiger partial charge in [0.1, 0.15) is 5.25 Å². The number of halogens is 1. The van der Waals surface area contributed by atoms with Gasteiger partial charge in [-0.15, -0.1) is 11.8 Å². The van der Waals surface area contributed by atoms with Gasteiger partial charge in [0, 0.05) is 9.92 Å². The monoisotopic (exact) mass is 407 g/mol. The lowest BCUT2D eigenvalue weighted by Crippen LogP contribution is -2.25. The Bertz CT molecular complexity index is 825. The van der Waals surface area contributed by atoms with E-state index in [1.165, 1.54) is 24.9 Å². The van der Waals surface area contributed by atoms with E-state index in [9.17, 15) is 14.4 Å². The van der Waals surface area contributed by atoms with Crippen LogP contribution in [0.5, 0.6) is 0 Å². The highest BCUT2D eigenvalue weighted by molar-refractivity contribution is 8.00. The van der Waals surface area contributed by atoms with E-state index in [0.29, 0.717) is 5.02 Å². The van der Waals surface area contributed by atoms with E-state index < -0.39 is 29.7 Å². The highest BCUT2D eigenvalue weighted by Gasteiger charge is 2.18. The Balaban J connectivity index is 1.87. The van der Waals surface area contributed by atoms with E-state index >= 15 is 0 Å². The summed E-state index contributed by atoms with van der Waals surface area (Å²) >= 11 is 7.13. The molecule has 1 amide bonds. The van der Waals surface area contributed by atoms with Gasteiger partial charge < -0.3 is 14.8 Å². The normalized spacial score (nSPS) is 11.4. The number of amides is 1. The van der Waals surface area contributed by atoms with Crippen molar-refractivity contribution in [3.63, 3.8) is 0 Å². The van der Waals surface area contributed by atoms with Crippen molar-refractivity contribution >= 4 is 46.9 Å². The first-order chi connectivity index (χ1) is 12.9. The second-order valence-electron chi connectivity index (χ2n) is 5.41. The molecule has 0 aliphatic rings. The first-order valence-electron chi connectivity index (χ1n) is 7.96. The number of rotatable bonds is 7. The standard InChI is InChI=1S/C19H18ClNO5S/c1-12(27-14-9-7-13(20)8-10-14)18(23)26-11-17(22)21-16-6-4-3-5-15(16)19(24)25-2/h3-10,12H,11H2,1-2H3,(H,21,22)/t12-/m1/s1. The average Bonchev–Trinajstić information content (AvgIpc) is 2.67. The molecule has 0 aromatic heterocycles. The predicted octanol–water partition coefficient (Wildman–Crippen LogP) is 3.79. The molecule has 0 heterocycles. The van der Waals surface area contributed by atoms with Crippen LogP contribution in [0.25, 0.3) is 0 Å². The first-order valence-corrected chi connectivity index (χ1v) is 9.22. The van der Waals surface area contributed by atoms with Crippen molar-refractivity contribution in [3.05, 3.63) is 59.1 Å². The van der Waals surface area contributed by atoms with E-state index in [0.717, 1.165) is 4.90 Å². The van der Waals surface area contributed by atoms with Crippen LogP contribution in [-0.2, 0) is 19.1 Å². The van der Waals surface area contributed by atoms with Gasteiger partial charge in [0.2, 0.25) is 0 Å². The van der Waals surface area contributed by atoms with Crippen molar-refractivity contribution in [3.8, 4) is 0 Å². The Labute approximate surface area is 166 Å². The molecular weight excluding hydrogens is 390 g/mol. The average molecular weight is 408 g/mol. The quantitative estimate of drug-likeness (QED) is 0.555. The molecule has 0 aliphatic carbocycles. The number of benzene rings is 2. The van der Waals surface area contributed by atoms with Crippen LogP contribution in [0.3, 0.4) is 0 Å². The number of esters is 2. The maximum atomic E-state index is 12.1. The molecule has 0 saturated heterocycles. The third-order valence-electron chi connectivity index (χ3n) is 3.41. The summed E-state index contributed by atoms with van der Waals surface area (Å²) in [5, 5.41) is 2.65. The fourth-order valence-corrected chi connectivity index (χ4v) is 3.08. The van der Waals surface area contributed by atoms with Crippen LogP contribution in [0.1, 0.15) is 17.3 Å². The summed E-state index contributed by atoms with van der Waals surface area (Å²) in [6, 6.07) is 13.5. The minimum Gasteiger partial charge on any atom is -0.465 e. The lowest BCUT2D eigenvalue weighted by atomic mass is 10.2. The van der Waals surface area contributed by atoms with Gasteiger partial charge in [-0.25, -0.2) is 4.79 Å². The van der Waals surface area contributed by atoms with Crippen molar-refractivity contribution in [2.75, 3.05) is 19.0 Å². The third-order valence-corrected chi connectivity index (χ3v) is 4.75. The molecule has 0 radical (unpaired) electrons. The number of hydrogen-bond donors (Lipinski definition) is 1. The molecule has 6 nitrogen and oxygen atoms in total. The van der Waals surface area contributed by atoms with Gasteiger partial charge in [-0.3, -0.25) is 9.59 Å². The Kier molecular flexibility index (Phi) is 7.69. The van der Waals surface area contributed by atoms with Crippen LogP contribution in [0, 0.1) is 0 Å². The zero-order chi connectivity index (χ0) is 19.8. The van der Waals surface area contributed by atoms with Crippen molar-refractivity contribution in [2.45, 2.75) is 17.1 Å². The van der Waals surface area contributed by atoms with Crippen molar-refractivity contribution in [2.24, 2.45) is 0 Å². The Morgan fingerprint density at radius 1 is 1.11 bits per heavy atom. The van der Waals surface area contributed by atoms with Gasteiger partial charge in [-0.05, 0) is 43.3 Å². The molecular formula is C19H18ClNO5S. The molecule has 142 valence electrons. The maximum Gasteiger partial charge on any atom is 0.339 e. The highest BCUT2D eigenvalue weighted by atomic mass is 35.5. The molecule has 0 aliphatic heterocycles. The second-order valence-corrected chi connectivity index (χ2v) is 7.26. The van der Waals surface area contributed by atoms with E-state index in [1.54, 1.807) is 49.4 Å². The number of carbonyl (C=O) groups excluding carboxylic acids is 3. The fourth-order valence-electron chi connectivity index (χ4n) is 2.09. The Hall–Kier alpha value is -2.51. The summed E-state index contributed by atoms with van der Waals surface area (Å²) < 4.78 is 9.71. The molecule has 0 unspecified atom stereocenters. The molecule has 2 aromatic rings. The number of ether oxygens (including phenoxy) is 2. The van der Waals surface area contributed by atoms with Crippen molar-refractivity contribution in [1.29, 1.82) is 0 Å². The summed E-state index contributed by atoms with van der Waals surface area (Å²) in [6.45, 7) is 1.23. The van der Waals surface area contributed by atoms with E-state index in [-0.39, 0.29) is 11.3 Å². The third kappa shape index (κ3) is 6.30. The summed E-state index contributed by atoms with van der Waals surface area (Å²) in [7, 11) is 1.25. The number of nitrogens with one attached hydrogen (secondary N) is 1. The molecule has 0 bridgehead atoms. The van der Waals surface area contributed by atoms with Gasteiger partial charge in [0.25, 0.3) is 5.91 Å². The van der Waals surface area contributed by atoms with Crippen LogP contribution in [0.15, 0.2) is 53.4 Å². The summed E-state index contributed by atoms with van der Waals surface area (Å²) in [5.74, 6) is -1.65. The van der Waals surface area contributed by atoms with Crippen LogP contribution < -0.4 is 5.32 Å².